The molecule has 7 aliphatic rings. The van der Waals surface area contributed by atoms with Gasteiger partial charge in [-0.2, -0.15) is 0 Å². The van der Waals surface area contributed by atoms with Gasteiger partial charge in [0.1, 0.15) is 12.2 Å². The van der Waals surface area contributed by atoms with E-state index < -0.39 is 5.41 Å². The van der Waals surface area contributed by atoms with E-state index in [-0.39, 0.29) is 64.2 Å². The zero-order chi connectivity index (χ0) is 38.6. The lowest BCUT2D eigenvalue weighted by Gasteiger charge is -2.53. The lowest BCUT2D eigenvalue weighted by Crippen LogP contribution is -2.68. The average Bonchev–Trinajstić information content (AvgIpc) is 3.88. The molecular weight excluding hydrogens is 650 g/mol. The van der Waals surface area contributed by atoms with Crippen LogP contribution in [0.25, 0.3) is 0 Å². The second-order valence-corrected chi connectivity index (χ2v) is 20.7. The summed E-state index contributed by atoms with van der Waals surface area (Å²) in [5.74, 6) is 3.99. The van der Waals surface area contributed by atoms with E-state index in [1.165, 1.54) is 57.8 Å². The Morgan fingerprint density at radius 3 is 1.71 bits per heavy atom. The fourth-order valence-corrected chi connectivity index (χ4v) is 11.1. The van der Waals surface area contributed by atoms with Crippen molar-refractivity contribution in [1.29, 1.82) is 0 Å². The van der Waals surface area contributed by atoms with Crippen LogP contribution in [0.3, 0.4) is 0 Å². The minimum atomic E-state index is -0.391. The molecule has 7 heteroatoms. The van der Waals surface area contributed by atoms with Crippen LogP contribution in [0.1, 0.15) is 179 Å². The molecule has 7 rings (SSSR count). The molecule has 0 spiro atoms. The molecule has 1 aliphatic heterocycles. The van der Waals surface area contributed by atoms with Crippen LogP contribution in [0.2, 0.25) is 0 Å². The number of esters is 2. The highest BCUT2D eigenvalue weighted by Crippen LogP contribution is 2.67. The van der Waals surface area contributed by atoms with Gasteiger partial charge >= 0.3 is 11.9 Å². The van der Waals surface area contributed by atoms with Crippen LogP contribution in [0.5, 0.6) is 0 Å². The van der Waals surface area contributed by atoms with Crippen LogP contribution in [-0.2, 0) is 28.7 Å². The molecule has 9 atom stereocenters. The highest BCUT2D eigenvalue weighted by molar-refractivity contribution is 6.04. The van der Waals surface area contributed by atoms with Crippen LogP contribution in [0, 0.1) is 62.6 Å². The molecular formula is C45H75NO6. The molecule has 6 aliphatic carbocycles. The molecule has 52 heavy (non-hydrogen) atoms. The van der Waals surface area contributed by atoms with Crippen LogP contribution in [0.15, 0.2) is 0 Å². The lowest BCUT2D eigenvalue weighted by atomic mass is 9.66. The van der Waals surface area contributed by atoms with E-state index in [2.05, 4.69) is 20.8 Å². The second-order valence-electron chi connectivity index (χ2n) is 20.7. The normalized spacial score (nSPS) is 35.8. The average molecular weight is 726 g/mol. The van der Waals surface area contributed by atoms with Crippen molar-refractivity contribution in [3.05, 3.63) is 0 Å². The number of hydrogen-bond donors (Lipinski definition) is 0. The summed E-state index contributed by atoms with van der Waals surface area (Å²) in [4.78, 5) is 50.9. The summed E-state index contributed by atoms with van der Waals surface area (Å²) in [5.41, 5.74) is -0.553. The number of hydrogen-bond acceptors (Lipinski definition) is 6. The summed E-state index contributed by atoms with van der Waals surface area (Å²) in [6.45, 7) is 25.0. The van der Waals surface area contributed by atoms with Gasteiger partial charge in [0, 0.05) is 10.8 Å². The number of amides is 2. The highest BCUT2D eigenvalue weighted by atomic mass is 16.5. The minimum Gasteiger partial charge on any atom is -0.462 e. The van der Waals surface area contributed by atoms with Crippen molar-refractivity contribution in [3.63, 3.8) is 0 Å². The summed E-state index contributed by atoms with van der Waals surface area (Å²) in [7, 11) is 0. The first-order valence-corrected chi connectivity index (χ1v) is 21.5. The Bertz CT molecular complexity index is 1340. The maximum absolute atomic E-state index is 12.7. The molecule has 7 fully saturated rings. The Balaban J connectivity index is 0.000000154. The topological polar surface area (TPSA) is 90.0 Å². The van der Waals surface area contributed by atoms with Crippen molar-refractivity contribution >= 4 is 23.8 Å². The van der Waals surface area contributed by atoms with Gasteiger partial charge in [-0.3, -0.25) is 24.1 Å². The SMILES string of the molecule is CCC(C)(C)C(=O)N1C(=O)C2C3CC(C4CCCC43)C21.CCC(C)(C)C(=O)OC1CC2CCC1(C)C2(C)C.CCC(C)(C)C(=O)OC1CCCCC1. The summed E-state index contributed by atoms with van der Waals surface area (Å²) in [5, 5.41) is 0. The standard InChI is InChI=1S/C17H25NO2.C16H28O2.C12H22O2/c1-4-17(2,3)16(20)18-14-12-8-11(13(14)15(18)19)9-6-5-7-10(9)12;1-7-14(2,3)13(17)18-12-10-11-8-9-16(12,6)15(11,4)5;1-4-12(2,3)11(13)14-10-8-6-5-7-9-10/h9-14H,4-8H2,1-3H3;11-12H,7-10H2,1-6H3;10H,4-9H2,1-3H3. The monoisotopic (exact) mass is 726 g/mol. The number of fused-ring (bicyclic) bond motifs is 10. The highest BCUT2D eigenvalue weighted by Gasteiger charge is 2.70. The molecule has 2 amide bonds. The largest absolute Gasteiger partial charge is 0.462 e. The Morgan fingerprint density at radius 2 is 1.21 bits per heavy atom. The molecule has 0 N–H and O–H groups in total. The molecule has 0 radical (unpaired) electrons. The molecule has 4 bridgehead atoms. The van der Waals surface area contributed by atoms with Gasteiger partial charge in [-0.1, -0.05) is 68.2 Å². The fourth-order valence-electron chi connectivity index (χ4n) is 11.1. The molecule has 6 saturated carbocycles. The van der Waals surface area contributed by atoms with E-state index in [1.807, 2.05) is 62.3 Å². The predicted molar refractivity (Wildman–Crippen MR) is 206 cm³/mol. The first kappa shape index (κ1) is 41.2. The maximum Gasteiger partial charge on any atom is 0.311 e. The molecule has 1 heterocycles. The van der Waals surface area contributed by atoms with Gasteiger partial charge in [0.15, 0.2) is 0 Å². The predicted octanol–water partition coefficient (Wildman–Crippen LogP) is 10.3. The van der Waals surface area contributed by atoms with Gasteiger partial charge in [-0.15, -0.1) is 0 Å². The van der Waals surface area contributed by atoms with Crippen molar-refractivity contribution in [2.24, 2.45) is 62.6 Å². The summed E-state index contributed by atoms with van der Waals surface area (Å²) in [6.07, 6.45) is 17.4. The first-order chi connectivity index (χ1) is 24.2. The number of imide groups is 1. The van der Waals surface area contributed by atoms with E-state index in [1.54, 1.807) is 4.90 Å². The second kappa shape index (κ2) is 15.0. The third-order valence-corrected chi connectivity index (χ3v) is 16.7. The molecule has 296 valence electrons. The van der Waals surface area contributed by atoms with Gasteiger partial charge in [0.2, 0.25) is 11.8 Å². The molecule has 1 saturated heterocycles. The Hall–Kier alpha value is -1.92. The minimum absolute atomic E-state index is 0.0143. The first-order valence-electron chi connectivity index (χ1n) is 21.5. The van der Waals surface area contributed by atoms with E-state index in [0.29, 0.717) is 17.3 Å². The molecule has 0 aromatic carbocycles. The van der Waals surface area contributed by atoms with Crippen LogP contribution in [-0.4, -0.2) is 46.9 Å². The zero-order valence-corrected chi connectivity index (χ0v) is 35.2. The number of likely N-dealkylation sites (tertiary alicyclic amines) is 1. The van der Waals surface area contributed by atoms with Crippen molar-refractivity contribution < 1.29 is 28.7 Å². The fraction of sp³-hybridized carbons (Fsp3) is 0.911. The molecule has 7 nitrogen and oxygen atoms in total. The summed E-state index contributed by atoms with van der Waals surface area (Å²) in [6, 6.07) is 0.269. The third kappa shape index (κ3) is 7.15. The van der Waals surface area contributed by atoms with Crippen LogP contribution < -0.4 is 0 Å². The number of carbonyl (C=O) groups excluding carboxylic acids is 4. The van der Waals surface area contributed by atoms with Gasteiger partial charge in [0.05, 0.1) is 22.8 Å². The number of carbonyl (C=O) groups is 4. The van der Waals surface area contributed by atoms with Gasteiger partial charge in [-0.05, 0) is 146 Å². The smallest absolute Gasteiger partial charge is 0.311 e. The molecule has 0 aromatic rings. The Morgan fingerprint density at radius 1 is 0.673 bits per heavy atom. The van der Waals surface area contributed by atoms with Crippen LogP contribution in [0.4, 0.5) is 0 Å². The Labute approximate surface area is 316 Å². The molecule has 0 aromatic heterocycles. The lowest BCUT2D eigenvalue weighted by molar-refractivity contribution is -0.178. The Kier molecular flexibility index (Phi) is 11.9. The third-order valence-electron chi connectivity index (χ3n) is 16.7. The van der Waals surface area contributed by atoms with Crippen molar-refractivity contribution in [1.82, 2.24) is 4.90 Å². The van der Waals surface area contributed by atoms with E-state index >= 15 is 0 Å². The number of ether oxygens (including phenoxy) is 2. The van der Waals surface area contributed by atoms with E-state index in [4.69, 9.17) is 9.47 Å². The van der Waals surface area contributed by atoms with Crippen molar-refractivity contribution in [2.75, 3.05) is 0 Å². The van der Waals surface area contributed by atoms with E-state index in [0.717, 1.165) is 56.3 Å². The van der Waals surface area contributed by atoms with Gasteiger partial charge in [0.25, 0.3) is 0 Å². The summed E-state index contributed by atoms with van der Waals surface area (Å²) < 4.78 is 11.4. The van der Waals surface area contributed by atoms with Gasteiger partial charge in [-0.25, -0.2) is 0 Å². The van der Waals surface area contributed by atoms with Gasteiger partial charge < -0.3 is 9.47 Å². The summed E-state index contributed by atoms with van der Waals surface area (Å²) >= 11 is 0. The number of β-lactam (4-membered cyclic amide) rings is 1. The van der Waals surface area contributed by atoms with Crippen molar-refractivity contribution in [2.45, 2.75) is 198 Å². The maximum atomic E-state index is 12.7. The van der Waals surface area contributed by atoms with E-state index in [9.17, 15) is 19.2 Å². The molecule has 9 unspecified atom stereocenters. The van der Waals surface area contributed by atoms with Crippen LogP contribution >= 0.6 is 0 Å². The van der Waals surface area contributed by atoms with Crippen molar-refractivity contribution in [3.8, 4) is 0 Å². The number of rotatable bonds is 8. The quantitative estimate of drug-likeness (QED) is 0.183. The number of nitrogens with zero attached hydrogens (tertiary/aromatic N) is 1. The zero-order valence-electron chi connectivity index (χ0n) is 35.2.